The third-order valence-electron chi connectivity index (χ3n) is 3.71. The SMILES string of the molecule is CCOC(=O)c1oc(-c2cc3c(s2)CCCCC3)nc1C. The molecule has 2 heterocycles. The van der Waals surface area contributed by atoms with Gasteiger partial charge in [0.1, 0.15) is 0 Å². The van der Waals surface area contributed by atoms with Crippen LogP contribution >= 0.6 is 11.3 Å². The van der Waals surface area contributed by atoms with Gasteiger partial charge in [0.05, 0.1) is 17.2 Å². The molecule has 0 bridgehead atoms. The van der Waals surface area contributed by atoms with E-state index in [1.807, 2.05) is 0 Å². The number of carbonyl (C=O) groups is 1. The van der Waals surface area contributed by atoms with E-state index in [0.29, 0.717) is 18.2 Å². The van der Waals surface area contributed by atoms with Crippen LogP contribution in [0.15, 0.2) is 10.5 Å². The number of hydrogen-bond acceptors (Lipinski definition) is 5. The Hall–Kier alpha value is -1.62. The van der Waals surface area contributed by atoms with Gasteiger partial charge in [-0.1, -0.05) is 6.42 Å². The minimum atomic E-state index is -0.438. The number of fused-ring (bicyclic) bond motifs is 1. The van der Waals surface area contributed by atoms with Crippen molar-refractivity contribution < 1.29 is 13.9 Å². The van der Waals surface area contributed by atoms with Gasteiger partial charge in [0.25, 0.3) is 0 Å². The zero-order valence-corrected chi connectivity index (χ0v) is 13.2. The Kier molecular flexibility index (Phi) is 4.10. The van der Waals surface area contributed by atoms with Crippen LogP contribution < -0.4 is 0 Å². The van der Waals surface area contributed by atoms with Crippen molar-refractivity contribution in [1.82, 2.24) is 4.98 Å². The van der Waals surface area contributed by atoms with Crippen LogP contribution in [0, 0.1) is 6.92 Å². The zero-order valence-electron chi connectivity index (χ0n) is 12.4. The van der Waals surface area contributed by atoms with Crippen molar-refractivity contribution in [3.63, 3.8) is 0 Å². The standard InChI is InChI=1S/C16H19NO3S/c1-3-19-16(18)14-10(2)17-15(20-14)13-9-11-7-5-4-6-8-12(11)21-13/h9H,3-8H2,1-2H3. The molecule has 0 atom stereocenters. The average Bonchev–Trinajstić information content (AvgIpc) is 2.97. The molecule has 0 spiro atoms. The Morgan fingerprint density at radius 1 is 1.38 bits per heavy atom. The predicted molar refractivity (Wildman–Crippen MR) is 81.8 cm³/mol. The van der Waals surface area contributed by atoms with Crippen LogP contribution in [-0.4, -0.2) is 17.6 Å². The van der Waals surface area contributed by atoms with Crippen molar-refractivity contribution in [3.05, 3.63) is 28.0 Å². The van der Waals surface area contributed by atoms with E-state index in [1.54, 1.807) is 25.2 Å². The van der Waals surface area contributed by atoms with Crippen molar-refractivity contribution in [2.75, 3.05) is 6.61 Å². The molecule has 0 aromatic carbocycles. The summed E-state index contributed by atoms with van der Waals surface area (Å²) in [6.45, 7) is 3.89. The van der Waals surface area contributed by atoms with Gasteiger partial charge in [-0.2, -0.15) is 0 Å². The summed E-state index contributed by atoms with van der Waals surface area (Å²) in [5, 5.41) is 0. The molecule has 0 radical (unpaired) electrons. The average molecular weight is 305 g/mol. The van der Waals surface area contributed by atoms with E-state index in [1.165, 1.54) is 29.7 Å². The number of hydrogen-bond donors (Lipinski definition) is 0. The highest BCUT2D eigenvalue weighted by Crippen LogP contribution is 2.35. The van der Waals surface area contributed by atoms with Gasteiger partial charge < -0.3 is 9.15 Å². The molecule has 112 valence electrons. The molecule has 0 saturated carbocycles. The van der Waals surface area contributed by atoms with Gasteiger partial charge in [0.2, 0.25) is 11.7 Å². The lowest BCUT2D eigenvalue weighted by Crippen LogP contribution is -2.04. The topological polar surface area (TPSA) is 52.3 Å². The molecule has 3 rings (SSSR count). The number of oxazole rings is 1. The second kappa shape index (κ2) is 6.02. The molecule has 1 aliphatic rings. The Bertz CT molecular complexity index is 633. The first kappa shape index (κ1) is 14.3. The number of aromatic nitrogens is 1. The summed E-state index contributed by atoms with van der Waals surface area (Å²) < 4.78 is 10.6. The Labute approximate surface area is 128 Å². The fraction of sp³-hybridized carbons (Fsp3) is 0.500. The van der Waals surface area contributed by atoms with Crippen LogP contribution in [0.3, 0.4) is 0 Å². The highest BCUT2D eigenvalue weighted by atomic mass is 32.1. The van der Waals surface area contributed by atoms with E-state index in [2.05, 4.69) is 11.1 Å². The Morgan fingerprint density at radius 2 is 2.19 bits per heavy atom. The molecule has 2 aromatic heterocycles. The normalized spacial score (nSPS) is 14.6. The Balaban J connectivity index is 1.91. The number of carbonyl (C=O) groups excluding carboxylic acids is 1. The molecule has 0 unspecified atom stereocenters. The molecule has 0 saturated heterocycles. The van der Waals surface area contributed by atoms with Crippen LogP contribution in [0.4, 0.5) is 0 Å². The molecule has 21 heavy (non-hydrogen) atoms. The van der Waals surface area contributed by atoms with Gasteiger partial charge in [-0.15, -0.1) is 11.3 Å². The number of rotatable bonds is 3. The van der Waals surface area contributed by atoms with Gasteiger partial charge in [-0.25, -0.2) is 9.78 Å². The quantitative estimate of drug-likeness (QED) is 0.631. The van der Waals surface area contributed by atoms with Gasteiger partial charge in [0, 0.05) is 4.88 Å². The van der Waals surface area contributed by atoms with Crippen LogP contribution in [-0.2, 0) is 17.6 Å². The zero-order chi connectivity index (χ0) is 14.8. The lowest BCUT2D eigenvalue weighted by Gasteiger charge is -1.97. The molecule has 1 aliphatic carbocycles. The third-order valence-corrected chi connectivity index (χ3v) is 4.94. The summed E-state index contributed by atoms with van der Waals surface area (Å²) in [7, 11) is 0. The number of esters is 1. The first-order valence-corrected chi connectivity index (χ1v) is 8.27. The van der Waals surface area contributed by atoms with Crippen LogP contribution in [0.2, 0.25) is 0 Å². The molecule has 2 aromatic rings. The highest BCUT2D eigenvalue weighted by Gasteiger charge is 2.21. The van der Waals surface area contributed by atoms with Crippen LogP contribution in [0.5, 0.6) is 0 Å². The second-order valence-corrected chi connectivity index (χ2v) is 6.41. The van der Waals surface area contributed by atoms with Gasteiger partial charge >= 0.3 is 5.97 Å². The first-order chi connectivity index (χ1) is 10.2. The largest absolute Gasteiger partial charge is 0.460 e. The minimum absolute atomic E-state index is 0.218. The van der Waals surface area contributed by atoms with E-state index >= 15 is 0 Å². The van der Waals surface area contributed by atoms with Gasteiger partial charge in [-0.3, -0.25) is 0 Å². The van der Waals surface area contributed by atoms with Crippen molar-refractivity contribution in [2.24, 2.45) is 0 Å². The third kappa shape index (κ3) is 2.88. The fourth-order valence-corrected chi connectivity index (χ4v) is 3.84. The fourth-order valence-electron chi connectivity index (χ4n) is 2.66. The summed E-state index contributed by atoms with van der Waals surface area (Å²) in [4.78, 5) is 18.6. The van der Waals surface area contributed by atoms with E-state index in [9.17, 15) is 4.79 Å². The van der Waals surface area contributed by atoms with Gasteiger partial charge in [0.15, 0.2) is 0 Å². The molecule has 0 N–H and O–H groups in total. The summed E-state index contributed by atoms with van der Waals surface area (Å²) >= 11 is 1.74. The maximum Gasteiger partial charge on any atom is 0.376 e. The van der Waals surface area contributed by atoms with E-state index in [0.717, 1.165) is 17.7 Å². The molecule has 4 nitrogen and oxygen atoms in total. The number of aryl methyl sites for hydroxylation is 3. The number of nitrogens with zero attached hydrogens (tertiary/aromatic N) is 1. The molecular formula is C16H19NO3S. The predicted octanol–water partition coefficient (Wildman–Crippen LogP) is 4.16. The second-order valence-electron chi connectivity index (χ2n) is 5.27. The molecule has 0 fully saturated rings. The maximum atomic E-state index is 11.8. The van der Waals surface area contributed by atoms with Crippen LogP contribution in [0.25, 0.3) is 10.8 Å². The van der Waals surface area contributed by atoms with Crippen molar-refractivity contribution >= 4 is 17.3 Å². The van der Waals surface area contributed by atoms with Crippen LogP contribution in [0.1, 0.15) is 52.9 Å². The van der Waals surface area contributed by atoms with E-state index < -0.39 is 5.97 Å². The summed E-state index contributed by atoms with van der Waals surface area (Å²) in [5.74, 6) is 0.316. The van der Waals surface area contributed by atoms with Crippen molar-refractivity contribution in [2.45, 2.75) is 46.0 Å². The summed E-state index contributed by atoms with van der Waals surface area (Å²) in [6.07, 6.45) is 6.09. The summed E-state index contributed by atoms with van der Waals surface area (Å²) in [5.41, 5.74) is 2.01. The minimum Gasteiger partial charge on any atom is -0.460 e. The molecule has 5 heteroatoms. The Morgan fingerprint density at radius 3 is 3.00 bits per heavy atom. The monoisotopic (exact) mass is 305 g/mol. The lowest BCUT2D eigenvalue weighted by atomic mass is 10.1. The lowest BCUT2D eigenvalue weighted by molar-refractivity contribution is 0.0490. The van der Waals surface area contributed by atoms with Crippen molar-refractivity contribution in [1.29, 1.82) is 0 Å². The number of thiophene rings is 1. The molecular weight excluding hydrogens is 286 g/mol. The number of ether oxygens (including phenoxy) is 1. The van der Waals surface area contributed by atoms with Gasteiger partial charge in [-0.05, 0) is 51.2 Å². The van der Waals surface area contributed by atoms with Crippen molar-refractivity contribution in [3.8, 4) is 10.8 Å². The molecule has 0 aliphatic heterocycles. The smallest absolute Gasteiger partial charge is 0.376 e. The first-order valence-electron chi connectivity index (χ1n) is 7.45. The highest BCUT2D eigenvalue weighted by molar-refractivity contribution is 7.15. The van der Waals surface area contributed by atoms with E-state index in [-0.39, 0.29) is 5.76 Å². The van der Waals surface area contributed by atoms with E-state index in [4.69, 9.17) is 9.15 Å². The summed E-state index contributed by atoms with van der Waals surface area (Å²) in [6, 6.07) is 2.17. The molecule has 0 amide bonds. The maximum absolute atomic E-state index is 11.8.